The molecule has 0 aliphatic carbocycles. The van der Waals surface area contributed by atoms with Crippen LogP contribution in [0.4, 0.5) is 0 Å². The summed E-state index contributed by atoms with van der Waals surface area (Å²) in [6.45, 7) is 1.71. The van der Waals surface area contributed by atoms with Gasteiger partial charge in [-0.2, -0.15) is 0 Å². The molecule has 3 aromatic rings. The summed E-state index contributed by atoms with van der Waals surface area (Å²) in [5.41, 5.74) is 1.44. The van der Waals surface area contributed by atoms with Crippen molar-refractivity contribution in [1.82, 2.24) is 9.78 Å². The van der Waals surface area contributed by atoms with Crippen LogP contribution in [0.3, 0.4) is 0 Å². The van der Waals surface area contributed by atoms with Crippen molar-refractivity contribution in [1.29, 1.82) is 0 Å². The normalized spacial score (nSPS) is 10.6. The van der Waals surface area contributed by atoms with Crippen LogP contribution in [0.15, 0.2) is 59.4 Å². The van der Waals surface area contributed by atoms with E-state index in [1.165, 1.54) is 4.68 Å². The number of ketones is 1. The molecule has 1 heterocycles. The third-order valence-corrected chi connectivity index (χ3v) is 3.67. The number of halogens is 1. The predicted octanol–water partition coefficient (Wildman–Crippen LogP) is 3.36. The highest BCUT2D eigenvalue weighted by Crippen LogP contribution is 2.14. The number of rotatable bonds is 3. The Labute approximate surface area is 132 Å². The van der Waals surface area contributed by atoms with Crippen molar-refractivity contribution < 1.29 is 4.79 Å². The van der Waals surface area contributed by atoms with Crippen LogP contribution in [0.1, 0.15) is 21.6 Å². The quantitative estimate of drug-likeness (QED) is 0.754. The zero-order chi connectivity index (χ0) is 15.7. The fourth-order valence-electron chi connectivity index (χ4n) is 2.32. The third-order valence-electron chi connectivity index (χ3n) is 3.42. The van der Waals surface area contributed by atoms with Crippen LogP contribution in [0, 0.1) is 6.92 Å². The summed E-state index contributed by atoms with van der Waals surface area (Å²) >= 11 is 5.85. The van der Waals surface area contributed by atoms with Gasteiger partial charge in [0, 0.05) is 16.3 Å². The maximum Gasteiger partial charge on any atom is 0.282 e. The highest BCUT2D eigenvalue weighted by atomic mass is 35.5. The van der Waals surface area contributed by atoms with Crippen LogP contribution in [0.5, 0.6) is 0 Å². The van der Waals surface area contributed by atoms with E-state index in [0.717, 1.165) is 0 Å². The molecule has 0 aliphatic rings. The summed E-state index contributed by atoms with van der Waals surface area (Å²) < 4.78 is 1.35. The Morgan fingerprint density at radius 3 is 2.32 bits per heavy atom. The van der Waals surface area contributed by atoms with Gasteiger partial charge in [-0.3, -0.25) is 14.7 Å². The number of aromatic amines is 1. The number of hydrogen-bond donors (Lipinski definition) is 1. The zero-order valence-electron chi connectivity index (χ0n) is 11.8. The van der Waals surface area contributed by atoms with Crippen molar-refractivity contribution in [2.45, 2.75) is 6.92 Å². The van der Waals surface area contributed by atoms with E-state index in [-0.39, 0.29) is 16.9 Å². The van der Waals surface area contributed by atoms with Crippen LogP contribution < -0.4 is 5.56 Å². The first-order valence-corrected chi connectivity index (χ1v) is 7.13. The Morgan fingerprint density at radius 2 is 1.68 bits per heavy atom. The minimum absolute atomic E-state index is 0.154. The Balaban J connectivity index is 2.10. The number of hydrogen-bond acceptors (Lipinski definition) is 2. The lowest BCUT2D eigenvalue weighted by molar-refractivity contribution is 0.103. The maximum absolute atomic E-state index is 12.6. The number of nitrogens with one attached hydrogen (secondary N) is 1. The van der Waals surface area contributed by atoms with E-state index >= 15 is 0 Å². The van der Waals surface area contributed by atoms with Crippen molar-refractivity contribution in [3.8, 4) is 5.69 Å². The zero-order valence-corrected chi connectivity index (χ0v) is 12.6. The Bertz CT molecular complexity index is 877. The first-order valence-electron chi connectivity index (χ1n) is 6.75. The monoisotopic (exact) mass is 312 g/mol. The summed E-state index contributed by atoms with van der Waals surface area (Å²) in [6, 6.07) is 15.6. The molecule has 0 saturated carbocycles. The van der Waals surface area contributed by atoms with Gasteiger partial charge in [0.25, 0.3) is 5.56 Å². The minimum Gasteiger partial charge on any atom is -0.295 e. The fraction of sp³-hybridized carbons (Fsp3) is 0.0588. The molecule has 4 nitrogen and oxygen atoms in total. The molecule has 5 heteroatoms. The van der Waals surface area contributed by atoms with Crippen LogP contribution >= 0.6 is 11.6 Å². The van der Waals surface area contributed by atoms with Gasteiger partial charge >= 0.3 is 0 Å². The molecule has 0 radical (unpaired) electrons. The number of carbonyl (C=O) groups excluding carboxylic acids is 1. The summed E-state index contributed by atoms with van der Waals surface area (Å²) in [4.78, 5) is 25.1. The molecule has 1 aromatic heterocycles. The molecule has 110 valence electrons. The lowest BCUT2D eigenvalue weighted by Gasteiger charge is -2.00. The molecule has 0 bridgehead atoms. The molecular weight excluding hydrogens is 300 g/mol. The third kappa shape index (κ3) is 2.49. The lowest BCUT2D eigenvalue weighted by Crippen LogP contribution is -2.20. The SMILES string of the molecule is Cc1[nH]n(-c2ccc(Cl)cc2)c(=O)c1C(=O)c1ccccc1. The van der Waals surface area contributed by atoms with Crippen molar-refractivity contribution in [3.05, 3.63) is 86.8 Å². The molecule has 0 atom stereocenters. The van der Waals surface area contributed by atoms with Gasteiger partial charge in [-0.15, -0.1) is 0 Å². The second-order valence-corrected chi connectivity index (χ2v) is 5.36. The van der Waals surface area contributed by atoms with Gasteiger partial charge < -0.3 is 0 Å². The van der Waals surface area contributed by atoms with Crippen molar-refractivity contribution in [2.24, 2.45) is 0 Å². The van der Waals surface area contributed by atoms with Gasteiger partial charge in [-0.25, -0.2) is 4.68 Å². The predicted molar refractivity (Wildman–Crippen MR) is 86.0 cm³/mol. The number of carbonyl (C=O) groups is 1. The van der Waals surface area contributed by atoms with Crippen LogP contribution in [0.25, 0.3) is 5.69 Å². The van der Waals surface area contributed by atoms with Crippen molar-refractivity contribution in [2.75, 3.05) is 0 Å². The topological polar surface area (TPSA) is 54.9 Å². The molecule has 0 amide bonds. The first-order chi connectivity index (χ1) is 10.6. The van der Waals surface area contributed by atoms with Gasteiger partial charge in [-0.05, 0) is 31.2 Å². The standard InChI is InChI=1S/C17H13ClN2O2/c1-11-15(16(21)12-5-3-2-4-6-12)17(22)20(19-11)14-9-7-13(18)8-10-14/h2-10,19H,1H3. The molecule has 0 spiro atoms. The molecule has 0 aliphatic heterocycles. The van der Waals surface area contributed by atoms with E-state index in [1.54, 1.807) is 55.5 Å². The molecule has 2 aromatic carbocycles. The maximum atomic E-state index is 12.6. The van der Waals surface area contributed by atoms with Gasteiger partial charge in [-0.1, -0.05) is 41.9 Å². The smallest absolute Gasteiger partial charge is 0.282 e. The largest absolute Gasteiger partial charge is 0.295 e. The van der Waals surface area contributed by atoms with E-state index in [0.29, 0.717) is 22.0 Å². The molecule has 0 saturated heterocycles. The number of H-pyrrole nitrogens is 1. The average molecular weight is 313 g/mol. The summed E-state index contributed by atoms with van der Waals surface area (Å²) in [6.07, 6.45) is 0. The molecule has 3 rings (SSSR count). The summed E-state index contributed by atoms with van der Waals surface area (Å²) in [7, 11) is 0. The number of aryl methyl sites for hydroxylation is 1. The van der Waals surface area contributed by atoms with Gasteiger partial charge in [0.1, 0.15) is 5.56 Å². The Hall–Kier alpha value is -2.59. The molecule has 22 heavy (non-hydrogen) atoms. The van der Waals surface area contributed by atoms with E-state index in [2.05, 4.69) is 5.10 Å². The van der Waals surface area contributed by atoms with Crippen LogP contribution in [-0.2, 0) is 0 Å². The van der Waals surface area contributed by atoms with Crippen LogP contribution in [-0.4, -0.2) is 15.6 Å². The molecule has 1 N–H and O–H groups in total. The van der Waals surface area contributed by atoms with Gasteiger partial charge in [0.2, 0.25) is 0 Å². The van der Waals surface area contributed by atoms with E-state index in [1.807, 2.05) is 6.07 Å². The second kappa shape index (κ2) is 5.66. The van der Waals surface area contributed by atoms with E-state index in [9.17, 15) is 9.59 Å². The van der Waals surface area contributed by atoms with E-state index < -0.39 is 0 Å². The average Bonchev–Trinajstić information content (AvgIpc) is 2.83. The van der Waals surface area contributed by atoms with Crippen LogP contribution in [0.2, 0.25) is 5.02 Å². The molecule has 0 fully saturated rings. The summed E-state index contributed by atoms with van der Waals surface area (Å²) in [5, 5.41) is 3.52. The second-order valence-electron chi connectivity index (χ2n) is 4.92. The number of benzene rings is 2. The van der Waals surface area contributed by atoms with Crippen molar-refractivity contribution in [3.63, 3.8) is 0 Å². The highest BCUT2D eigenvalue weighted by Gasteiger charge is 2.20. The fourth-order valence-corrected chi connectivity index (χ4v) is 2.45. The minimum atomic E-state index is -0.367. The van der Waals surface area contributed by atoms with Gasteiger partial charge in [0.15, 0.2) is 5.78 Å². The lowest BCUT2D eigenvalue weighted by atomic mass is 10.0. The number of nitrogens with zero attached hydrogens (tertiary/aromatic N) is 1. The Kier molecular flexibility index (Phi) is 3.69. The molecule has 0 unspecified atom stereocenters. The van der Waals surface area contributed by atoms with E-state index in [4.69, 9.17) is 11.6 Å². The highest BCUT2D eigenvalue weighted by molar-refractivity contribution is 6.30. The summed E-state index contributed by atoms with van der Waals surface area (Å²) in [5.74, 6) is -0.285. The Morgan fingerprint density at radius 1 is 1.05 bits per heavy atom. The van der Waals surface area contributed by atoms with Crippen molar-refractivity contribution >= 4 is 17.4 Å². The van der Waals surface area contributed by atoms with Gasteiger partial charge in [0.05, 0.1) is 5.69 Å². The first kappa shape index (κ1) is 14.4. The number of aromatic nitrogens is 2. The molecular formula is C17H13ClN2O2.